The second-order valence-corrected chi connectivity index (χ2v) is 13.4. The van der Waals surface area contributed by atoms with E-state index in [2.05, 4.69) is 92.5 Å². The van der Waals surface area contributed by atoms with Crippen molar-refractivity contribution in [2.45, 2.75) is 105 Å². The number of thioether (sulfide) groups is 1. The van der Waals surface area contributed by atoms with Crippen LogP contribution in [0.3, 0.4) is 0 Å². The molecule has 1 heterocycles. The van der Waals surface area contributed by atoms with Gasteiger partial charge in [0, 0.05) is 27.6 Å². The summed E-state index contributed by atoms with van der Waals surface area (Å²) in [6.45, 7) is 14.8. The Labute approximate surface area is 239 Å². The van der Waals surface area contributed by atoms with Crippen LogP contribution in [-0.2, 0) is 0 Å². The number of aryl methyl sites for hydroxylation is 1. The highest BCUT2D eigenvalue weighted by Gasteiger charge is 2.32. The lowest BCUT2D eigenvalue weighted by Crippen LogP contribution is -2.41. The van der Waals surface area contributed by atoms with Crippen LogP contribution in [0.5, 0.6) is 0 Å². The Hall–Kier alpha value is -0.340. The van der Waals surface area contributed by atoms with Crippen molar-refractivity contribution in [3.05, 3.63) is 27.3 Å². The zero-order valence-corrected chi connectivity index (χ0v) is 26.7. The van der Waals surface area contributed by atoms with E-state index < -0.39 is 0 Å². The minimum atomic E-state index is 0.417. The minimum Gasteiger partial charge on any atom is -0.332 e. The number of anilines is 1. The molecular formula is C29H48IN3S2. The van der Waals surface area contributed by atoms with Crippen molar-refractivity contribution in [3.63, 3.8) is 0 Å². The molecule has 6 heteroatoms. The van der Waals surface area contributed by atoms with E-state index in [0.717, 1.165) is 58.9 Å². The van der Waals surface area contributed by atoms with Gasteiger partial charge in [-0.05, 0) is 103 Å². The topological polar surface area (TPSA) is 27.6 Å². The highest BCUT2D eigenvalue weighted by Crippen LogP contribution is 2.28. The fraction of sp³-hybridized carbons (Fsp3) is 0.724. The molecule has 2 rings (SSSR count). The number of nitrogens with one attached hydrogen (secondary N) is 1. The van der Waals surface area contributed by atoms with Gasteiger partial charge >= 0.3 is 0 Å². The number of halogens is 1. The van der Waals surface area contributed by atoms with Crippen LogP contribution in [0, 0.1) is 28.2 Å². The van der Waals surface area contributed by atoms with Gasteiger partial charge in [0.15, 0.2) is 10.3 Å². The van der Waals surface area contributed by atoms with Crippen LogP contribution >= 0.6 is 46.6 Å². The van der Waals surface area contributed by atoms with Crippen molar-refractivity contribution < 1.29 is 0 Å². The Morgan fingerprint density at radius 1 is 1.09 bits per heavy atom. The van der Waals surface area contributed by atoms with Gasteiger partial charge in [-0.25, -0.2) is 0 Å². The van der Waals surface area contributed by atoms with Gasteiger partial charge in [0.05, 0.1) is 0 Å². The third-order valence-electron chi connectivity index (χ3n) is 7.06. The lowest BCUT2D eigenvalue weighted by Gasteiger charge is -2.26. The lowest BCUT2D eigenvalue weighted by atomic mass is 9.90. The summed E-state index contributed by atoms with van der Waals surface area (Å²) in [5, 5.41) is 5.35. The van der Waals surface area contributed by atoms with E-state index in [0.29, 0.717) is 6.04 Å². The molecule has 0 spiro atoms. The zero-order chi connectivity index (χ0) is 25.8. The van der Waals surface area contributed by atoms with E-state index in [9.17, 15) is 0 Å². The maximum atomic E-state index is 5.86. The van der Waals surface area contributed by atoms with Crippen molar-refractivity contribution in [1.82, 2.24) is 4.90 Å². The molecule has 4 unspecified atom stereocenters. The van der Waals surface area contributed by atoms with Crippen molar-refractivity contribution in [3.8, 4) is 0 Å². The average Bonchev–Trinajstić information content (AvgIpc) is 3.19. The standard InChI is InChI=1S/C29H48IN3S2/c1-7-11-21(3)12-9-10-13-22(4)16-23(5)14-15-31-29-33(27(8-2)20-35-29)28(34)32-26-18-24(6)17-25(30)19-26/h17-19,21-23,27H,7-16,20H2,1-6H3,(H,32,34). The summed E-state index contributed by atoms with van der Waals surface area (Å²) in [6, 6.07) is 6.90. The van der Waals surface area contributed by atoms with E-state index in [1.165, 1.54) is 54.1 Å². The fourth-order valence-electron chi connectivity index (χ4n) is 5.06. The number of nitrogens with zero attached hydrogens (tertiary/aromatic N) is 2. The average molecular weight is 630 g/mol. The molecule has 0 radical (unpaired) electrons. The minimum absolute atomic E-state index is 0.417. The van der Waals surface area contributed by atoms with E-state index >= 15 is 0 Å². The number of rotatable bonds is 14. The molecule has 0 aliphatic carbocycles. The molecule has 1 N–H and O–H groups in total. The predicted molar refractivity (Wildman–Crippen MR) is 171 cm³/mol. The van der Waals surface area contributed by atoms with Gasteiger partial charge in [0.1, 0.15) is 0 Å². The van der Waals surface area contributed by atoms with E-state index in [4.69, 9.17) is 17.2 Å². The van der Waals surface area contributed by atoms with Gasteiger partial charge in [-0.3, -0.25) is 9.89 Å². The number of hydrogen-bond donors (Lipinski definition) is 1. The summed E-state index contributed by atoms with van der Waals surface area (Å²) in [6.07, 6.45) is 11.8. The molecule has 1 aliphatic rings. The van der Waals surface area contributed by atoms with Gasteiger partial charge in [0.2, 0.25) is 0 Å². The number of unbranched alkanes of at least 4 members (excludes halogenated alkanes) is 1. The lowest BCUT2D eigenvalue weighted by molar-refractivity contribution is 0.361. The number of amidine groups is 1. The number of thiocarbonyl (C=S) groups is 1. The van der Waals surface area contributed by atoms with Crippen molar-refractivity contribution >= 4 is 62.5 Å². The summed E-state index contributed by atoms with van der Waals surface area (Å²) >= 11 is 10.1. The molecule has 0 aromatic heterocycles. The Kier molecular flexibility index (Phi) is 14.6. The molecule has 1 fully saturated rings. The van der Waals surface area contributed by atoms with Crippen LogP contribution in [0.25, 0.3) is 0 Å². The van der Waals surface area contributed by atoms with Gasteiger partial charge in [-0.1, -0.05) is 84.9 Å². The molecule has 3 nitrogen and oxygen atoms in total. The molecule has 1 aliphatic heterocycles. The Morgan fingerprint density at radius 3 is 2.43 bits per heavy atom. The Bertz CT molecular complexity index is 793. The largest absolute Gasteiger partial charge is 0.332 e. The second-order valence-electron chi connectivity index (χ2n) is 10.8. The highest BCUT2D eigenvalue weighted by molar-refractivity contribution is 14.1. The van der Waals surface area contributed by atoms with Crippen molar-refractivity contribution in [2.75, 3.05) is 17.6 Å². The molecule has 1 aromatic carbocycles. The molecule has 1 saturated heterocycles. The molecule has 0 saturated carbocycles. The van der Waals surface area contributed by atoms with Crippen LogP contribution in [0.15, 0.2) is 23.2 Å². The van der Waals surface area contributed by atoms with Crippen LogP contribution in [-0.4, -0.2) is 33.5 Å². The fourth-order valence-corrected chi connectivity index (χ4v) is 7.59. The van der Waals surface area contributed by atoms with E-state index in [1.807, 2.05) is 11.8 Å². The molecule has 0 bridgehead atoms. The normalized spacial score (nSPS) is 19.7. The van der Waals surface area contributed by atoms with Crippen molar-refractivity contribution in [2.24, 2.45) is 22.7 Å². The molecule has 0 amide bonds. The summed E-state index contributed by atoms with van der Waals surface area (Å²) in [5.74, 6) is 3.49. The molecular weight excluding hydrogens is 581 g/mol. The maximum Gasteiger partial charge on any atom is 0.179 e. The number of hydrogen-bond acceptors (Lipinski definition) is 3. The third-order valence-corrected chi connectivity index (χ3v) is 9.12. The van der Waals surface area contributed by atoms with Gasteiger partial charge in [-0.2, -0.15) is 0 Å². The Morgan fingerprint density at radius 2 is 1.77 bits per heavy atom. The summed E-state index contributed by atoms with van der Waals surface area (Å²) < 4.78 is 1.22. The number of benzene rings is 1. The maximum absolute atomic E-state index is 5.86. The van der Waals surface area contributed by atoms with Crippen LogP contribution in [0.2, 0.25) is 0 Å². The summed E-state index contributed by atoms with van der Waals surface area (Å²) in [7, 11) is 0. The Balaban J connectivity index is 1.81. The second kappa shape index (κ2) is 16.5. The SMILES string of the molecule is CCCC(C)CCCCC(C)CC(C)CCN=C1SCC(CC)N1C(=S)Nc1cc(C)cc(I)c1. The molecule has 4 atom stereocenters. The first-order chi connectivity index (χ1) is 16.7. The molecule has 35 heavy (non-hydrogen) atoms. The summed E-state index contributed by atoms with van der Waals surface area (Å²) in [5.41, 5.74) is 2.31. The first kappa shape index (κ1) is 30.9. The van der Waals surface area contributed by atoms with Crippen LogP contribution < -0.4 is 5.32 Å². The van der Waals surface area contributed by atoms with Crippen LogP contribution in [0.4, 0.5) is 5.69 Å². The number of aliphatic imine (C=N–C) groups is 1. The third kappa shape index (κ3) is 11.3. The van der Waals surface area contributed by atoms with E-state index in [-0.39, 0.29) is 0 Å². The van der Waals surface area contributed by atoms with Gasteiger partial charge in [0.25, 0.3) is 0 Å². The zero-order valence-electron chi connectivity index (χ0n) is 22.9. The quantitative estimate of drug-likeness (QED) is 0.126. The predicted octanol–water partition coefficient (Wildman–Crippen LogP) is 9.53. The first-order valence-corrected chi connectivity index (χ1v) is 16.2. The van der Waals surface area contributed by atoms with Gasteiger partial charge in [-0.15, -0.1) is 0 Å². The van der Waals surface area contributed by atoms with Crippen molar-refractivity contribution in [1.29, 1.82) is 0 Å². The molecule has 1 aromatic rings. The van der Waals surface area contributed by atoms with Crippen LogP contribution in [0.1, 0.15) is 98.0 Å². The summed E-state index contributed by atoms with van der Waals surface area (Å²) in [4.78, 5) is 7.30. The highest BCUT2D eigenvalue weighted by atomic mass is 127. The monoisotopic (exact) mass is 629 g/mol. The molecule has 198 valence electrons. The smallest absolute Gasteiger partial charge is 0.179 e. The first-order valence-electron chi connectivity index (χ1n) is 13.8. The van der Waals surface area contributed by atoms with Gasteiger partial charge < -0.3 is 5.32 Å². The van der Waals surface area contributed by atoms with E-state index in [1.54, 1.807) is 0 Å².